The second-order valence-electron chi connectivity index (χ2n) is 10.9. The zero-order chi connectivity index (χ0) is 23.3. The lowest BCUT2D eigenvalue weighted by atomic mass is 9.48. The van der Waals surface area contributed by atoms with Gasteiger partial charge in [0, 0.05) is 10.9 Å². The normalized spacial score (nSPS) is 31.4. The number of amides is 2. The van der Waals surface area contributed by atoms with Gasteiger partial charge in [0.25, 0.3) is 5.91 Å². The molecule has 1 aliphatic heterocycles. The van der Waals surface area contributed by atoms with Gasteiger partial charge in [0.1, 0.15) is 6.54 Å². The van der Waals surface area contributed by atoms with Gasteiger partial charge in [0.05, 0.1) is 10.6 Å². The van der Waals surface area contributed by atoms with Gasteiger partial charge in [-0.1, -0.05) is 54.2 Å². The van der Waals surface area contributed by atoms with Crippen molar-refractivity contribution in [3.05, 3.63) is 65.1 Å². The van der Waals surface area contributed by atoms with Gasteiger partial charge in [-0.2, -0.15) is 0 Å². The number of rotatable bonds is 5. The van der Waals surface area contributed by atoms with Gasteiger partial charge in [-0.05, 0) is 92.4 Å². The lowest BCUT2D eigenvalue weighted by Gasteiger charge is -2.59. The summed E-state index contributed by atoms with van der Waals surface area (Å²) in [6.07, 6.45) is 9.88. The van der Waals surface area contributed by atoms with Crippen molar-refractivity contribution in [1.29, 1.82) is 0 Å². The molecule has 0 unspecified atom stereocenters. The van der Waals surface area contributed by atoms with E-state index in [4.69, 9.17) is 0 Å². The van der Waals surface area contributed by atoms with Crippen molar-refractivity contribution in [2.24, 2.45) is 23.2 Å². The highest BCUT2D eigenvalue weighted by Crippen LogP contribution is 2.61. The quantitative estimate of drug-likeness (QED) is 0.552. The standard InChI is InChI=1S/C29H32N2O2S/c1-19(29-15-21-11-22(16-29)13-23(12-21)17-29)30-27(32)18-31-24-9-5-6-10-25(24)34-26(28(31)33)14-20-7-3-2-4-8-20/h2-10,14,19,21-23H,11-13,15-18H2,1H3,(H,30,32)/b26-14-/t19-,21?,22?,23?,29?/m0/s1. The molecule has 0 spiro atoms. The van der Waals surface area contributed by atoms with Crippen LogP contribution in [0.4, 0.5) is 5.69 Å². The van der Waals surface area contributed by atoms with Gasteiger partial charge in [-0.25, -0.2) is 0 Å². The molecule has 2 aromatic rings. The molecule has 176 valence electrons. The molecule has 1 N–H and O–H groups in total. The first-order chi connectivity index (χ1) is 16.5. The Morgan fingerprint density at radius 2 is 1.65 bits per heavy atom. The second-order valence-corrected chi connectivity index (χ2v) is 12.0. The summed E-state index contributed by atoms with van der Waals surface area (Å²) in [6, 6.07) is 17.9. The summed E-state index contributed by atoms with van der Waals surface area (Å²) in [7, 11) is 0. The van der Waals surface area contributed by atoms with Crippen LogP contribution in [0.3, 0.4) is 0 Å². The van der Waals surface area contributed by atoms with Crippen LogP contribution in [-0.2, 0) is 9.59 Å². The van der Waals surface area contributed by atoms with Gasteiger partial charge in [-0.3, -0.25) is 14.5 Å². The smallest absolute Gasteiger partial charge is 0.265 e. The first kappa shape index (κ1) is 22.0. The maximum Gasteiger partial charge on any atom is 0.265 e. The summed E-state index contributed by atoms with van der Waals surface area (Å²) in [5, 5.41) is 3.34. The summed E-state index contributed by atoms with van der Waals surface area (Å²) < 4.78 is 0. The van der Waals surface area contributed by atoms with E-state index in [-0.39, 0.29) is 29.8 Å². The SMILES string of the molecule is C[C@H](NC(=O)CN1C(=O)/C(=C/c2ccccc2)Sc2ccccc21)C12CC3CC(CC(C3)C1)C2. The molecule has 4 aliphatic carbocycles. The summed E-state index contributed by atoms with van der Waals surface area (Å²) in [4.78, 5) is 30.1. The molecule has 34 heavy (non-hydrogen) atoms. The number of nitrogens with one attached hydrogen (secondary N) is 1. The topological polar surface area (TPSA) is 49.4 Å². The molecule has 4 fully saturated rings. The van der Waals surface area contributed by atoms with E-state index in [1.807, 2.05) is 60.7 Å². The molecule has 1 heterocycles. The number of anilines is 1. The van der Waals surface area contributed by atoms with Gasteiger partial charge in [0.15, 0.2) is 0 Å². The van der Waals surface area contributed by atoms with Crippen molar-refractivity contribution in [3.63, 3.8) is 0 Å². The minimum Gasteiger partial charge on any atom is -0.352 e. The minimum atomic E-state index is -0.106. The Bertz CT molecular complexity index is 1110. The number of benzene rings is 2. The van der Waals surface area contributed by atoms with Crippen molar-refractivity contribution in [2.75, 3.05) is 11.4 Å². The molecule has 2 aromatic carbocycles. The molecular formula is C29H32N2O2S. The molecule has 7 rings (SSSR count). The van der Waals surface area contributed by atoms with Crippen LogP contribution in [0.1, 0.15) is 51.0 Å². The number of nitrogens with zero attached hydrogens (tertiary/aromatic N) is 1. The van der Waals surface area contributed by atoms with Gasteiger partial charge < -0.3 is 5.32 Å². The molecule has 5 aliphatic rings. The van der Waals surface area contributed by atoms with Crippen molar-refractivity contribution in [2.45, 2.75) is 56.4 Å². The van der Waals surface area contributed by atoms with Crippen LogP contribution in [0, 0.1) is 23.2 Å². The van der Waals surface area contributed by atoms with E-state index in [1.165, 1.54) is 50.3 Å². The number of thioether (sulfide) groups is 1. The minimum absolute atomic E-state index is 0.0548. The molecule has 2 amide bonds. The van der Waals surface area contributed by atoms with E-state index in [9.17, 15) is 9.59 Å². The third kappa shape index (κ3) is 3.98. The molecule has 5 heteroatoms. The van der Waals surface area contributed by atoms with E-state index in [0.29, 0.717) is 4.91 Å². The number of carbonyl (C=O) groups excluding carboxylic acids is 2. The number of hydrogen-bond acceptors (Lipinski definition) is 3. The predicted molar refractivity (Wildman–Crippen MR) is 137 cm³/mol. The highest BCUT2D eigenvalue weighted by atomic mass is 32.2. The Labute approximate surface area is 206 Å². The summed E-state index contributed by atoms with van der Waals surface area (Å²) in [5.74, 6) is 2.39. The summed E-state index contributed by atoms with van der Waals surface area (Å²) in [5.41, 5.74) is 2.06. The van der Waals surface area contributed by atoms with Crippen LogP contribution in [0.15, 0.2) is 64.4 Å². The molecule has 4 bridgehead atoms. The number of hydrogen-bond donors (Lipinski definition) is 1. The monoisotopic (exact) mass is 472 g/mol. The first-order valence-corrected chi connectivity index (χ1v) is 13.5. The van der Waals surface area contributed by atoms with Gasteiger partial charge in [0.2, 0.25) is 5.91 Å². The molecule has 0 radical (unpaired) electrons. The number of para-hydroxylation sites is 1. The molecule has 4 saturated carbocycles. The third-order valence-corrected chi connectivity index (χ3v) is 9.69. The fourth-order valence-electron chi connectivity index (χ4n) is 7.41. The van der Waals surface area contributed by atoms with Crippen LogP contribution in [0.5, 0.6) is 0 Å². The molecule has 1 atom stereocenters. The Morgan fingerprint density at radius 3 is 2.32 bits per heavy atom. The van der Waals surface area contributed by atoms with E-state index in [0.717, 1.165) is 33.9 Å². The van der Waals surface area contributed by atoms with Crippen molar-refractivity contribution in [3.8, 4) is 0 Å². The van der Waals surface area contributed by atoms with Crippen LogP contribution in [0.25, 0.3) is 6.08 Å². The number of carbonyl (C=O) groups is 2. The summed E-state index contributed by atoms with van der Waals surface area (Å²) >= 11 is 1.48. The van der Waals surface area contributed by atoms with Gasteiger partial charge >= 0.3 is 0 Å². The highest BCUT2D eigenvalue weighted by molar-refractivity contribution is 8.04. The molecule has 0 aromatic heterocycles. The zero-order valence-corrected chi connectivity index (χ0v) is 20.5. The number of fused-ring (bicyclic) bond motifs is 1. The Balaban J connectivity index is 1.21. The van der Waals surface area contributed by atoms with E-state index in [2.05, 4.69) is 12.2 Å². The third-order valence-electron chi connectivity index (χ3n) is 8.61. The van der Waals surface area contributed by atoms with E-state index < -0.39 is 0 Å². The van der Waals surface area contributed by atoms with Crippen LogP contribution in [-0.4, -0.2) is 24.4 Å². The van der Waals surface area contributed by atoms with Crippen molar-refractivity contribution < 1.29 is 9.59 Å². The van der Waals surface area contributed by atoms with Crippen LogP contribution < -0.4 is 10.2 Å². The lowest BCUT2D eigenvalue weighted by Crippen LogP contribution is -2.57. The molecule has 4 nitrogen and oxygen atoms in total. The molecular weight excluding hydrogens is 440 g/mol. The van der Waals surface area contributed by atoms with E-state index >= 15 is 0 Å². The average Bonchev–Trinajstić information content (AvgIpc) is 2.81. The Morgan fingerprint density at radius 1 is 1.03 bits per heavy atom. The second kappa shape index (κ2) is 8.60. The van der Waals surface area contributed by atoms with Crippen molar-refractivity contribution >= 4 is 35.3 Å². The van der Waals surface area contributed by atoms with Crippen LogP contribution >= 0.6 is 11.8 Å². The summed E-state index contributed by atoms with van der Waals surface area (Å²) in [6.45, 7) is 2.26. The maximum absolute atomic E-state index is 13.5. The highest BCUT2D eigenvalue weighted by Gasteiger charge is 2.53. The molecule has 0 saturated heterocycles. The average molecular weight is 473 g/mol. The largest absolute Gasteiger partial charge is 0.352 e. The first-order valence-electron chi connectivity index (χ1n) is 12.6. The fraction of sp³-hybridized carbons (Fsp3) is 0.448. The zero-order valence-electron chi connectivity index (χ0n) is 19.7. The fourth-order valence-corrected chi connectivity index (χ4v) is 8.47. The van der Waals surface area contributed by atoms with E-state index in [1.54, 1.807) is 4.90 Å². The Kier molecular flexibility index (Phi) is 5.56. The lowest BCUT2D eigenvalue weighted by molar-refractivity contribution is -0.126. The predicted octanol–water partition coefficient (Wildman–Crippen LogP) is 5.89. The maximum atomic E-state index is 13.5. The van der Waals surface area contributed by atoms with Crippen LogP contribution in [0.2, 0.25) is 0 Å². The Hall–Kier alpha value is -2.53. The van der Waals surface area contributed by atoms with Gasteiger partial charge in [-0.15, -0.1) is 0 Å². The van der Waals surface area contributed by atoms with Crippen molar-refractivity contribution in [1.82, 2.24) is 5.32 Å².